The molecule has 1 amide bonds. The fraction of sp³-hybridized carbons (Fsp3) is 0.500. The predicted octanol–water partition coefficient (Wildman–Crippen LogP) is 3.60. The lowest BCUT2D eigenvalue weighted by atomic mass is 10.1. The summed E-state index contributed by atoms with van der Waals surface area (Å²) in [6, 6.07) is 7.46. The van der Waals surface area contributed by atoms with Crippen LogP contribution in [0.25, 0.3) is 0 Å². The molecule has 0 atom stereocenters. The zero-order valence-corrected chi connectivity index (χ0v) is 10.7. The number of para-hydroxylation sites is 2. The second-order valence-electron chi connectivity index (χ2n) is 4.06. The first-order valence-electron chi connectivity index (χ1n) is 6.20. The Balaban J connectivity index is 2.39. The zero-order valence-electron chi connectivity index (χ0n) is 10.7. The molecule has 0 aliphatic heterocycles. The fourth-order valence-electron chi connectivity index (χ4n) is 1.67. The Morgan fingerprint density at radius 3 is 2.71 bits per heavy atom. The van der Waals surface area contributed by atoms with E-state index in [-0.39, 0.29) is 5.91 Å². The molecule has 1 rings (SSSR count). The second-order valence-corrected chi connectivity index (χ2v) is 4.06. The van der Waals surface area contributed by atoms with E-state index in [0.717, 1.165) is 18.5 Å². The second kappa shape index (κ2) is 7.71. The number of rotatable bonds is 7. The number of nitrogens with one attached hydrogen (secondary N) is 1. The van der Waals surface area contributed by atoms with Crippen molar-refractivity contribution in [2.75, 3.05) is 12.4 Å². The highest BCUT2D eigenvalue weighted by atomic mass is 16.5. The lowest BCUT2D eigenvalue weighted by molar-refractivity contribution is -0.116. The topological polar surface area (TPSA) is 38.3 Å². The van der Waals surface area contributed by atoms with Crippen molar-refractivity contribution in [2.24, 2.45) is 0 Å². The van der Waals surface area contributed by atoms with Crippen LogP contribution in [0.5, 0.6) is 5.75 Å². The van der Waals surface area contributed by atoms with Gasteiger partial charge in [-0.1, -0.05) is 38.3 Å². The van der Waals surface area contributed by atoms with Crippen LogP contribution in [0.3, 0.4) is 0 Å². The van der Waals surface area contributed by atoms with Crippen LogP contribution in [0.2, 0.25) is 0 Å². The Bertz CT molecular complexity index is 350. The van der Waals surface area contributed by atoms with E-state index < -0.39 is 0 Å². The molecule has 0 fully saturated rings. The molecular formula is C14H21NO2. The molecule has 1 N–H and O–H groups in total. The highest BCUT2D eigenvalue weighted by molar-refractivity contribution is 5.92. The van der Waals surface area contributed by atoms with E-state index in [1.165, 1.54) is 12.8 Å². The van der Waals surface area contributed by atoms with Gasteiger partial charge in [0.25, 0.3) is 0 Å². The van der Waals surface area contributed by atoms with Gasteiger partial charge in [-0.25, -0.2) is 0 Å². The van der Waals surface area contributed by atoms with Gasteiger partial charge in [0.05, 0.1) is 12.8 Å². The molecule has 0 aliphatic carbocycles. The molecule has 3 heteroatoms. The van der Waals surface area contributed by atoms with Crippen molar-refractivity contribution in [1.29, 1.82) is 0 Å². The van der Waals surface area contributed by atoms with Crippen molar-refractivity contribution in [2.45, 2.75) is 39.0 Å². The quantitative estimate of drug-likeness (QED) is 0.733. The van der Waals surface area contributed by atoms with Gasteiger partial charge in [0.1, 0.15) is 5.75 Å². The molecule has 17 heavy (non-hydrogen) atoms. The maximum absolute atomic E-state index is 11.7. The number of hydrogen-bond acceptors (Lipinski definition) is 2. The van der Waals surface area contributed by atoms with Gasteiger partial charge in [-0.3, -0.25) is 4.79 Å². The van der Waals surface area contributed by atoms with Crippen LogP contribution in [-0.2, 0) is 4.79 Å². The molecular weight excluding hydrogens is 214 g/mol. The van der Waals surface area contributed by atoms with Crippen molar-refractivity contribution >= 4 is 11.6 Å². The van der Waals surface area contributed by atoms with Crippen LogP contribution in [0, 0.1) is 0 Å². The number of hydrogen-bond donors (Lipinski definition) is 1. The van der Waals surface area contributed by atoms with Crippen molar-refractivity contribution in [3.63, 3.8) is 0 Å². The number of ether oxygens (including phenoxy) is 1. The van der Waals surface area contributed by atoms with Gasteiger partial charge in [-0.15, -0.1) is 0 Å². The summed E-state index contributed by atoms with van der Waals surface area (Å²) in [6.45, 7) is 2.16. The van der Waals surface area contributed by atoms with Gasteiger partial charge in [0.15, 0.2) is 0 Å². The molecule has 0 saturated carbocycles. The van der Waals surface area contributed by atoms with Crippen LogP contribution < -0.4 is 10.1 Å². The first-order valence-corrected chi connectivity index (χ1v) is 6.20. The molecule has 0 radical (unpaired) electrons. The summed E-state index contributed by atoms with van der Waals surface area (Å²) < 4.78 is 5.17. The molecule has 94 valence electrons. The molecule has 0 aromatic heterocycles. The van der Waals surface area contributed by atoms with Gasteiger partial charge in [-0.2, -0.15) is 0 Å². The van der Waals surface area contributed by atoms with Crippen LogP contribution in [0.4, 0.5) is 5.69 Å². The molecule has 0 saturated heterocycles. The smallest absolute Gasteiger partial charge is 0.224 e. The summed E-state index contributed by atoms with van der Waals surface area (Å²) >= 11 is 0. The first kappa shape index (κ1) is 13.6. The Kier molecular flexibility index (Phi) is 6.15. The minimum Gasteiger partial charge on any atom is -0.495 e. The summed E-state index contributed by atoms with van der Waals surface area (Å²) in [6.07, 6.45) is 5.04. The summed E-state index contributed by atoms with van der Waals surface area (Å²) in [4.78, 5) is 11.7. The van der Waals surface area contributed by atoms with Crippen LogP contribution in [-0.4, -0.2) is 13.0 Å². The number of methoxy groups -OCH3 is 1. The molecule has 0 spiro atoms. The Morgan fingerprint density at radius 1 is 1.24 bits per heavy atom. The number of carbonyl (C=O) groups is 1. The van der Waals surface area contributed by atoms with Crippen LogP contribution >= 0.6 is 0 Å². The number of benzene rings is 1. The Labute approximate surface area is 103 Å². The summed E-state index contributed by atoms with van der Waals surface area (Å²) in [5.41, 5.74) is 0.746. The Hall–Kier alpha value is -1.51. The van der Waals surface area contributed by atoms with Gasteiger partial charge in [-0.05, 0) is 18.6 Å². The van der Waals surface area contributed by atoms with E-state index in [4.69, 9.17) is 4.74 Å². The molecule has 0 aliphatic rings. The number of unbranched alkanes of at least 4 members (excludes halogenated alkanes) is 3. The highest BCUT2D eigenvalue weighted by Gasteiger charge is 2.05. The monoisotopic (exact) mass is 235 g/mol. The van der Waals surface area contributed by atoms with Crippen molar-refractivity contribution in [1.82, 2.24) is 0 Å². The molecule has 0 heterocycles. The van der Waals surface area contributed by atoms with E-state index in [0.29, 0.717) is 12.2 Å². The van der Waals surface area contributed by atoms with Gasteiger partial charge < -0.3 is 10.1 Å². The number of carbonyl (C=O) groups excluding carboxylic acids is 1. The largest absolute Gasteiger partial charge is 0.495 e. The molecule has 1 aromatic carbocycles. The van der Waals surface area contributed by atoms with Crippen LogP contribution in [0.1, 0.15) is 39.0 Å². The lowest BCUT2D eigenvalue weighted by Crippen LogP contribution is -2.11. The van der Waals surface area contributed by atoms with Gasteiger partial charge in [0, 0.05) is 6.42 Å². The molecule has 3 nitrogen and oxygen atoms in total. The summed E-state index contributed by atoms with van der Waals surface area (Å²) in [5.74, 6) is 0.764. The van der Waals surface area contributed by atoms with Gasteiger partial charge >= 0.3 is 0 Å². The number of anilines is 1. The lowest BCUT2D eigenvalue weighted by Gasteiger charge is -2.09. The Morgan fingerprint density at radius 2 is 2.00 bits per heavy atom. The average molecular weight is 235 g/mol. The third-order valence-corrected chi connectivity index (χ3v) is 2.64. The average Bonchev–Trinajstić information content (AvgIpc) is 2.35. The summed E-state index contributed by atoms with van der Waals surface area (Å²) in [7, 11) is 1.60. The molecule has 0 unspecified atom stereocenters. The summed E-state index contributed by atoms with van der Waals surface area (Å²) in [5, 5.41) is 2.87. The third kappa shape index (κ3) is 4.89. The maximum atomic E-state index is 11.7. The predicted molar refractivity (Wildman–Crippen MR) is 70.4 cm³/mol. The standard InChI is InChI=1S/C14H21NO2/c1-3-4-5-6-11-14(16)15-12-9-7-8-10-13(12)17-2/h7-10H,3-6,11H2,1-2H3,(H,15,16). The minimum absolute atomic E-state index is 0.0607. The van der Waals surface area contributed by atoms with Crippen LogP contribution in [0.15, 0.2) is 24.3 Å². The highest BCUT2D eigenvalue weighted by Crippen LogP contribution is 2.23. The van der Waals surface area contributed by atoms with Crippen molar-refractivity contribution < 1.29 is 9.53 Å². The zero-order chi connectivity index (χ0) is 12.5. The van der Waals surface area contributed by atoms with E-state index in [2.05, 4.69) is 12.2 Å². The van der Waals surface area contributed by atoms with Crippen molar-refractivity contribution in [3.8, 4) is 5.75 Å². The molecule has 0 bridgehead atoms. The normalized spacial score (nSPS) is 10.0. The van der Waals surface area contributed by atoms with E-state index in [9.17, 15) is 4.79 Å². The molecule has 1 aromatic rings. The van der Waals surface area contributed by atoms with Crippen molar-refractivity contribution in [3.05, 3.63) is 24.3 Å². The minimum atomic E-state index is 0.0607. The van der Waals surface area contributed by atoms with E-state index >= 15 is 0 Å². The van der Waals surface area contributed by atoms with E-state index in [1.54, 1.807) is 7.11 Å². The SMILES string of the molecule is CCCCCCC(=O)Nc1ccccc1OC. The van der Waals surface area contributed by atoms with E-state index in [1.807, 2.05) is 24.3 Å². The first-order chi connectivity index (χ1) is 8.27. The van der Waals surface area contributed by atoms with Gasteiger partial charge in [0.2, 0.25) is 5.91 Å². The maximum Gasteiger partial charge on any atom is 0.224 e. The fourth-order valence-corrected chi connectivity index (χ4v) is 1.67. The third-order valence-electron chi connectivity index (χ3n) is 2.64. The number of amides is 1.